The van der Waals surface area contributed by atoms with E-state index in [0.717, 1.165) is 5.92 Å². The molecule has 1 aliphatic carbocycles. The van der Waals surface area contributed by atoms with E-state index in [1.54, 1.807) is 0 Å². The van der Waals surface area contributed by atoms with E-state index in [1.165, 1.54) is 30.4 Å². The first kappa shape index (κ1) is 19.9. The van der Waals surface area contributed by atoms with Crippen molar-refractivity contribution in [2.45, 2.75) is 66.7 Å². The third kappa shape index (κ3) is 5.06. The molecule has 2 rings (SSSR count). The van der Waals surface area contributed by atoms with E-state index in [2.05, 4.69) is 77.4 Å². The summed E-state index contributed by atoms with van der Waals surface area (Å²) < 4.78 is 0. The minimum atomic E-state index is 0.250. The summed E-state index contributed by atoms with van der Waals surface area (Å²) in [7, 11) is 0. The van der Waals surface area contributed by atoms with E-state index >= 15 is 0 Å². The number of allylic oxidation sites excluding steroid dienone is 3. The Labute approximate surface area is 155 Å². The number of hydrogen-bond donors (Lipinski definition) is 0. The van der Waals surface area contributed by atoms with Crippen molar-refractivity contribution in [2.24, 2.45) is 29.1 Å². The number of rotatable bonds is 8. The summed E-state index contributed by atoms with van der Waals surface area (Å²) >= 11 is 0. The lowest BCUT2D eigenvalue weighted by Crippen LogP contribution is -2.26. The normalized spacial score (nSPS) is 23.5. The largest absolute Gasteiger partial charge is 0.265 e. The lowest BCUT2D eigenvalue weighted by Gasteiger charge is -2.37. The first-order chi connectivity index (χ1) is 11.7. The van der Waals surface area contributed by atoms with Crippen LogP contribution in [0.5, 0.6) is 0 Å². The smallest absolute Gasteiger partial charge is 0.0270 e. The Kier molecular flexibility index (Phi) is 6.65. The van der Waals surface area contributed by atoms with Gasteiger partial charge in [0.2, 0.25) is 0 Å². The lowest BCUT2D eigenvalue weighted by molar-refractivity contribution is 0.213. The van der Waals surface area contributed by atoms with Crippen molar-refractivity contribution in [3.05, 3.63) is 54.4 Å². The first-order valence-corrected chi connectivity index (χ1v) is 9.99. The standard InChI is InChI=1S/C24H37N/c1-17(2)23(21-12-14-25-15-13-21)16-24(6,7)20(5)10-8-18(3)22-11-9-19(22)4/h8,10,12-15,17,19-20,22-23H,3,9,11,16H2,1-2,4-7H3/b10-8-. The van der Waals surface area contributed by atoms with E-state index < -0.39 is 0 Å². The Morgan fingerprint density at radius 3 is 2.36 bits per heavy atom. The molecule has 1 heterocycles. The van der Waals surface area contributed by atoms with Crippen LogP contribution >= 0.6 is 0 Å². The molecule has 0 aliphatic heterocycles. The van der Waals surface area contributed by atoms with Gasteiger partial charge in [-0.25, -0.2) is 0 Å². The average Bonchev–Trinajstić information content (AvgIpc) is 2.56. The van der Waals surface area contributed by atoms with Crippen molar-refractivity contribution in [3.8, 4) is 0 Å². The van der Waals surface area contributed by atoms with Gasteiger partial charge in [0.25, 0.3) is 0 Å². The molecule has 0 saturated heterocycles. The quantitative estimate of drug-likeness (QED) is 0.463. The monoisotopic (exact) mass is 339 g/mol. The van der Waals surface area contributed by atoms with E-state index in [4.69, 9.17) is 0 Å². The van der Waals surface area contributed by atoms with Gasteiger partial charge in [-0.1, -0.05) is 65.8 Å². The molecule has 1 saturated carbocycles. The summed E-state index contributed by atoms with van der Waals surface area (Å²) in [5, 5.41) is 0. The Morgan fingerprint density at radius 2 is 1.88 bits per heavy atom. The van der Waals surface area contributed by atoms with Crippen LogP contribution < -0.4 is 0 Å². The zero-order valence-electron chi connectivity index (χ0n) is 17.1. The molecule has 0 aromatic carbocycles. The molecule has 1 aromatic rings. The minimum absolute atomic E-state index is 0.250. The van der Waals surface area contributed by atoms with Crippen LogP contribution in [0.2, 0.25) is 0 Å². The summed E-state index contributed by atoms with van der Waals surface area (Å²) in [6.45, 7) is 18.5. The fourth-order valence-corrected chi connectivity index (χ4v) is 3.97. The van der Waals surface area contributed by atoms with Crippen LogP contribution in [0.4, 0.5) is 0 Å². The van der Waals surface area contributed by atoms with Crippen molar-refractivity contribution < 1.29 is 0 Å². The average molecular weight is 340 g/mol. The van der Waals surface area contributed by atoms with Gasteiger partial charge in [0.1, 0.15) is 0 Å². The van der Waals surface area contributed by atoms with E-state index in [-0.39, 0.29) is 5.41 Å². The van der Waals surface area contributed by atoms with Crippen molar-refractivity contribution in [3.63, 3.8) is 0 Å². The van der Waals surface area contributed by atoms with Gasteiger partial charge in [0.05, 0.1) is 0 Å². The highest BCUT2D eigenvalue weighted by atomic mass is 14.6. The Morgan fingerprint density at radius 1 is 1.24 bits per heavy atom. The van der Waals surface area contributed by atoms with Crippen LogP contribution in [0.1, 0.15) is 72.3 Å². The molecular formula is C24H37N. The molecule has 0 spiro atoms. The number of pyridine rings is 1. The van der Waals surface area contributed by atoms with E-state index in [1.807, 2.05) is 12.4 Å². The zero-order valence-corrected chi connectivity index (χ0v) is 17.1. The number of hydrogen-bond acceptors (Lipinski definition) is 1. The third-order valence-corrected chi connectivity index (χ3v) is 6.61. The fourth-order valence-electron chi connectivity index (χ4n) is 3.97. The van der Waals surface area contributed by atoms with Crippen molar-refractivity contribution in [2.75, 3.05) is 0 Å². The Balaban J connectivity index is 2.04. The molecule has 4 atom stereocenters. The molecule has 138 valence electrons. The van der Waals surface area contributed by atoms with E-state index in [9.17, 15) is 0 Å². The van der Waals surface area contributed by atoms with Gasteiger partial charge in [0.15, 0.2) is 0 Å². The maximum absolute atomic E-state index is 4.32. The molecular weight excluding hydrogens is 302 g/mol. The summed E-state index contributed by atoms with van der Waals surface area (Å²) in [6.07, 6.45) is 12.4. The van der Waals surface area contributed by atoms with Gasteiger partial charge in [-0.3, -0.25) is 4.98 Å². The van der Waals surface area contributed by atoms with Gasteiger partial charge in [0, 0.05) is 12.4 Å². The van der Waals surface area contributed by atoms with Crippen LogP contribution in [0.3, 0.4) is 0 Å². The van der Waals surface area contributed by atoms with E-state index in [0.29, 0.717) is 23.7 Å². The third-order valence-electron chi connectivity index (χ3n) is 6.61. The van der Waals surface area contributed by atoms with Crippen LogP contribution in [0, 0.1) is 29.1 Å². The molecule has 1 nitrogen and oxygen atoms in total. The summed E-state index contributed by atoms with van der Waals surface area (Å²) in [6, 6.07) is 4.36. The zero-order chi connectivity index (χ0) is 18.6. The van der Waals surface area contributed by atoms with Crippen LogP contribution in [0.15, 0.2) is 48.8 Å². The maximum atomic E-state index is 4.32. The van der Waals surface area contributed by atoms with Gasteiger partial charge in [-0.2, -0.15) is 0 Å². The molecule has 1 heteroatoms. The predicted octanol–water partition coefficient (Wildman–Crippen LogP) is 7.03. The second-order valence-electron chi connectivity index (χ2n) is 9.21. The van der Waals surface area contributed by atoms with Gasteiger partial charge < -0.3 is 0 Å². The molecule has 0 radical (unpaired) electrons. The van der Waals surface area contributed by atoms with Crippen molar-refractivity contribution in [1.29, 1.82) is 0 Å². The van der Waals surface area contributed by atoms with Crippen LogP contribution in [-0.4, -0.2) is 4.98 Å². The maximum Gasteiger partial charge on any atom is 0.0270 e. The van der Waals surface area contributed by atoms with Gasteiger partial charge in [-0.15, -0.1) is 0 Å². The van der Waals surface area contributed by atoms with Crippen LogP contribution in [0.25, 0.3) is 0 Å². The lowest BCUT2D eigenvalue weighted by atomic mass is 9.68. The first-order valence-electron chi connectivity index (χ1n) is 9.99. The predicted molar refractivity (Wildman–Crippen MR) is 110 cm³/mol. The summed E-state index contributed by atoms with van der Waals surface area (Å²) in [4.78, 5) is 4.18. The molecule has 1 aliphatic rings. The molecule has 4 unspecified atom stereocenters. The van der Waals surface area contributed by atoms with Gasteiger partial charge >= 0.3 is 0 Å². The number of nitrogens with zero attached hydrogens (tertiary/aromatic N) is 1. The highest BCUT2D eigenvalue weighted by molar-refractivity contribution is 5.22. The fraction of sp³-hybridized carbons (Fsp3) is 0.625. The highest BCUT2D eigenvalue weighted by Crippen LogP contribution is 2.42. The molecule has 1 fully saturated rings. The second kappa shape index (κ2) is 8.34. The molecule has 25 heavy (non-hydrogen) atoms. The van der Waals surface area contributed by atoms with Crippen LogP contribution in [-0.2, 0) is 0 Å². The SMILES string of the molecule is C=C(/C=C\C(C)C(C)(C)CC(c1ccncc1)C(C)C)C1CCC1C. The molecule has 0 N–H and O–H groups in total. The summed E-state index contributed by atoms with van der Waals surface area (Å²) in [5.74, 6) is 3.26. The van der Waals surface area contributed by atoms with Gasteiger partial charge in [-0.05, 0) is 72.0 Å². The Hall–Kier alpha value is -1.37. The van der Waals surface area contributed by atoms with Crippen molar-refractivity contribution in [1.82, 2.24) is 4.98 Å². The second-order valence-corrected chi connectivity index (χ2v) is 9.21. The highest BCUT2D eigenvalue weighted by Gasteiger charge is 2.31. The molecule has 0 amide bonds. The minimum Gasteiger partial charge on any atom is -0.265 e. The molecule has 0 bridgehead atoms. The van der Waals surface area contributed by atoms with Crippen molar-refractivity contribution >= 4 is 0 Å². The summed E-state index contributed by atoms with van der Waals surface area (Å²) in [5.41, 5.74) is 3.00. The number of aromatic nitrogens is 1. The molecule has 1 aromatic heterocycles. The topological polar surface area (TPSA) is 12.9 Å². The Bertz CT molecular complexity index is 581.